The second-order valence-electron chi connectivity index (χ2n) is 5.31. The van der Waals surface area contributed by atoms with Crippen LogP contribution in [0.25, 0.3) is 11.1 Å². The fourth-order valence-corrected chi connectivity index (χ4v) is 2.87. The number of fused-ring (bicyclic) bond motifs is 1. The quantitative estimate of drug-likeness (QED) is 0.522. The Kier molecular flexibility index (Phi) is 5.17. The molecule has 1 N–H and O–H groups in total. The number of hydrogen-bond donors (Lipinski definition) is 1. The van der Waals surface area contributed by atoms with Gasteiger partial charge in [-0.3, -0.25) is 4.79 Å². The highest BCUT2D eigenvalue weighted by Crippen LogP contribution is 2.24. The number of carbonyl (C=O) groups is 1. The van der Waals surface area contributed by atoms with Gasteiger partial charge in [-0.2, -0.15) is 0 Å². The van der Waals surface area contributed by atoms with Crippen molar-refractivity contribution in [2.24, 2.45) is 0 Å². The van der Waals surface area contributed by atoms with Gasteiger partial charge in [0.2, 0.25) is 0 Å². The number of aliphatic hydroxyl groups is 1. The molecule has 0 fully saturated rings. The van der Waals surface area contributed by atoms with E-state index in [2.05, 4.69) is 4.98 Å². The van der Waals surface area contributed by atoms with Crippen molar-refractivity contribution in [3.05, 3.63) is 54.1 Å². The third kappa shape index (κ3) is 4.15. The maximum absolute atomic E-state index is 11.3. The van der Waals surface area contributed by atoms with Crippen molar-refractivity contribution in [3.63, 3.8) is 0 Å². The highest BCUT2D eigenvalue weighted by atomic mass is 32.2. The summed E-state index contributed by atoms with van der Waals surface area (Å²) in [5.41, 5.74) is 2.11. The molecule has 24 heavy (non-hydrogen) atoms. The minimum absolute atomic E-state index is 0.0208. The van der Waals surface area contributed by atoms with Gasteiger partial charge in [0, 0.05) is 11.3 Å². The Morgan fingerprint density at radius 1 is 1.29 bits per heavy atom. The van der Waals surface area contributed by atoms with Crippen LogP contribution >= 0.6 is 11.8 Å². The SMILES string of the molecule is CC(=O)c1cccc(OC[C@H](O)CSc2nc3ccccc3o2)c1. The molecule has 0 aliphatic carbocycles. The summed E-state index contributed by atoms with van der Waals surface area (Å²) in [4.78, 5) is 15.7. The van der Waals surface area contributed by atoms with Gasteiger partial charge < -0.3 is 14.3 Å². The van der Waals surface area contributed by atoms with Gasteiger partial charge in [0.15, 0.2) is 11.4 Å². The van der Waals surface area contributed by atoms with Gasteiger partial charge in [0.05, 0.1) is 6.10 Å². The highest BCUT2D eigenvalue weighted by Gasteiger charge is 2.11. The molecule has 0 spiro atoms. The number of carbonyl (C=O) groups excluding carboxylic acids is 1. The number of ketones is 1. The molecule has 3 rings (SSSR count). The molecular weight excluding hydrogens is 326 g/mol. The van der Waals surface area contributed by atoms with E-state index in [4.69, 9.17) is 9.15 Å². The molecular formula is C18H17NO4S. The van der Waals surface area contributed by atoms with E-state index in [1.54, 1.807) is 24.3 Å². The lowest BCUT2D eigenvalue weighted by molar-refractivity contribution is 0.101. The lowest BCUT2D eigenvalue weighted by Gasteiger charge is -2.11. The standard InChI is InChI=1S/C18H17NO4S/c1-12(20)13-5-4-6-15(9-13)22-10-14(21)11-24-18-19-16-7-2-3-8-17(16)23-18/h2-9,14,21H,10-11H2,1H3/t14-/m0/s1. The van der Waals surface area contributed by atoms with E-state index >= 15 is 0 Å². The van der Waals surface area contributed by atoms with Gasteiger partial charge >= 0.3 is 0 Å². The summed E-state index contributed by atoms with van der Waals surface area (Å²) in [7, 11) is 0. The molecule has 0 aliphatic heterocycles. The molecule has 0 aliphatic rings. The fourth-order valence-electron chi connectivity index (χ4n) is 2.13. The predicted molar refractivity (Wildman–Crippen MR) is 92.7 cm³/mol. The van der Waals surface area contributed by atoms with Crippen molar-refractivity contribution in [1.29, 1.82) is 0 Å². The zero-order valence-electron chi connectivity index (χ0n) is 13.1. The molecule has 3 aromatic rings. The van der Waals surface area contributed by atoms with Crippen molar-refractivity contribution in [3.8, 4) is 5.75 Å². The van der Waals surface area contributed by atoms with Crippen LogP contribution in [0.1, 0.15) is 17.3 Å². The lowest BCUT2D eigenvalue weighted by Crippen LogP contribution is -2.20. The van der Waals surface area contributed by atoms with Gasteiger partial charge in [-0.05, 0) is 31.2 Å². The monoisotopic (exact) mass is 343 g/mol. The molecule has 0 amide bonds. The van der Waals surface area contributed by atoms with Gasteiger partial charge in [-0.1, -0.05) is 36.0 Å². The normalized spacial score (nSPS) is 12.2. The Hall–Kier alpha value is -2.31. The van der Waals surface area contributed by atoms with E-state index in [1.807, 2.05) is 24.3 Å². The minimum Gasteiger partial charge on any atom is -0.491 e. The molecule has 0 bridgehead atoms. The summed E-state index contributed by atoms with van der Waals surface area (Å²) in [6.45, 7) is 1.64. The second kappa shape index (κ2) is 7.51. The number of oxazole rings is 1. The summed E-state index contributed by atoms with van der Waals surface area (Å²) in [5, 5.41) is 10.6. The van der Waals surface area contributed by atoms with Crippen molar-refractivity contribution in [2.45, 2.75) is 18.3 Å². The molecule has 0 unspecified atom stereocenters. The molecule has 6 heteroatoms. The van der Waals surface area contributed by atoms with Gasteiger partial charge in [0.25, 0.3) is 5.22 Å². The van der Waals surface area contributed by atoms with E-state index in [1.165, 1.54) is 18.7 Å². The first-order chi connectivity index (χ1) is 11.6. The molecule has 5 nitrogen and oxygen atoms in total. The maximum atomic E-state index is 11.3. The van der Waals surface area contributed by atoms with Gasteiger partial charge in [0.1, 0.15) is 17.9 Å². The molecule has 0 radical (unpaired) electrons. The number of ether oxygens (including phenoxy) is 1. The van der Waals surface area contributed by atoms with Crippen LogP contribution in [-0.2, 0) is 0 Å². The number of aliphatic hydroxyl groups excluding tert-OH is 1. The first kappa shape index (κ1) is 16.5. The number of benzene rings is 2. The van der Waals surface area contributed by atoms with Crippen molar-refractivity contribution in [2.75, 3.05) is 12.4 Å². The molecule has 0 saturated carbocycles. The number of rotatable bonds is 7. The van der Waals surface area contributed by atoms with E-state index in [0.29, 0.717) is 22.3 Å². The lowest BCUT2D eigenvalue weighted by atomic mass is 10.1. The topological polar surface area (TPSA) is 72.6 Å². The third-order valence-electron chi connectivity index (χ3n) is 3.36. The maximum Gasteiger partial charge on any atom is 0.256 e. The van der Waals surface area contributed by atoms with Crippen LogP contribution < -0.4 is 4.74 Å². The Morgan fingerprint density at radius 3 is 2.92 bits per heavy atom. The average molecular weight is 343 g/mol. The van der Waals surface area contributed by atoms with Gasteiger partial charge in [-0.25, -0.2) is 4.98 Å². The molecule has 1 atom stereocenters. The van der Waals surface area contributed by atoms with Crippen LogP contribution in [0.2, 0.25) is 0 Å². The molecule has 1 heterocycles. The Morgan fingerprint density at radius 2 is 2.12 bits per heavy atom. The summed E-state index contributed by atoms with van der Waals surface area (Å²) in [6, 6.07) is 14.4. The molecule has 2 aromatic carbocycles. The van der Waals surface area contributed by atoms with Gasteiger partial charge in [-0.15, -0.1) is 0 Å². The Labute approximate surface area is 143 Å². The Bertz CT molecular complexity index is 813. The third-order valence-corrected chi connectivity index (χ3v) is 4.33. The smallest absolute Gasteiger partial charge is 0.256 e. The number of aromatic nitrogens is 1. The van der Waals surface area contributed by atoms with E-state index < -0.39 is 6.10 Å². The number of para-hydroxylation sites is 2. The van der Waals surface area contributed by atoms with E-state index in [-0.39, 0.29) is 12.4 Å². The summed E-state index contributed by atoms with van der Waals surface area (Å²) >= 11 is 1.34. The average Bonchev–Trinajstić information content (AvgIpc) is 3.01. The number of thioether (sulfide) groups is 1. The van der Waals surface area contributed by atoms with E-state index in [0.717, 1.165) is 11.1 Å². The summed E-state index contributed by atoms with van der Waals surface area (Å²) in [5.74, 6) is 0.945. The fraction of sp³-hybridized carbons (Fsp3) is 0.222. The zero-order valence-corrected chi connectivity index (χ0v) is 14.0. The molecule has 124 valence electrons. The van der Waals surface area contributed by atoms with Crippen LogP contribution in [0, 0.1) is 0 Å². The highest BCUT2D eigenvalue weighted by molar-refractivity contribution is 7.99. The number of Topliss-reactive ketones (excluding diaryl/α,β-unsaturated/α-hetero) is 1. The number of hydrogen-bond acceptors (Lipinski definition) is 6. The van der Waals surface area contributed by atoms with E-state index in [9.17, 15) is 9.90 Å². The van der Waals surface area contributed by atoms with Crippen molar-refractivity contribution in [1.82, 2.24) is 4.98 Å². The predicted octanol–water partition coefficient (Wildman–Crippen LogP) is 3.56. The molecule has 0 saturated heterocycles. The second-order valence-corrected chi connectivity index (χ2v) is 6.28. The zero-order chi connectivity index (χ0) is 16.9. The summed E-state index contributed by atoms with van der Waals surface area (Å²) < 4.78 is 11.1. The first-order valence-corrected chi connectivity index (χ1v) is 8.50. The van der Waals surface area contributed by atoms with Crippen molar-refractivity contribution >= 4 is 28.6 Å². The number of nitrogens with zero attached hydrogens (tertiary/aromatic N) is 1. The van der Waals surface area contributed by atoms with Crippen LogP contribution in [0.3, 0.4) is 0 Å². The van der Waals surface area contributed by atoms with Crippen LogP contribution in [0.5, 0.6) is 5.75 Å². The largest absolute Gasteiger partial charge is 0.491 e. The summed E-state index contributed by atoms with van der Waals surface area (Å²) in [6.07, 6.45) is -0.675. The minimum atomic E-state index is -0.675. The molecule has 1 aromatic heterocycles. The van der Waals surface area contributed by atoms with Crippen molar-refractivity contribution < 1.29 is 19.1 Å². The van der Waals surface area contributed by atoms with Crippen LogP contribution in [-0.4, -0.2) is 34.3 Å². The van der Waals surface area contributed by atoms with Crippen LogP contribution in [0.15, 0.2) is 58.2 Å². The first-order valence-electron chi connectivity index (χ1n) is 7.52. The van der Waals surface area contributed by atoms with Crippen LogP contribution in [0.4, 0.5) is 0 Å². The Balaban J connectivity index is 1.51.